The van der Waals surface area contributed by atoms with Gasteiger partial charge >= 0.3 is 0 Å². The van der Waals surface area contributed by atoms with Crippen molar-refractivity contribution in [2.24, 2.45) is 5.92 Å². The fraction of sp³-hybridized carbons (Fsp3) is 0.474. The van der Waals surface area contributed by atoms with Crippen LogP contribution in [-0.2, 0) is 17.8 Å². The number of hydrogen-bond donors (Lipinski definition) is 0. The molecule has 1 amide bonds. The van der Waals surface area contributed by atoms with Crippen LogP contribution in [0.3, 0.4) is 0 Å². The van der Waals surface area contributed by atoms with Crippen LogP contribution in [0.5, 0.6) is 0 Å². The highest BCUT2D eigenvalue weighted by Crippen LogP contribution is 2.23. The second-order valence-corrected chi connectivity index (χ2v) is 6.50. The molecule has 128 valence electrons. The number of piperidine rings is 1. The van der Waals surface area contributed by atoms with Gasteiger partial charge in [-0.1, -0.05) is 18.2 Å². The third-order valence-electron chi connectivity index (χ3n) is 4.77. The number of benzene rings is 1. The van der Waals surface area contributed by atoms with Gasteiger partial charge in [0.15, 0.2) is 0 Å². The van der Waals surface area contributed by atoms with Crippen molar-refractivity contribution in [3.8, 4) is 0 Å². The molecule has 3 rings (SSSR count). The van der Waals surface area contributed by atoms with Crippen LogP contribution < -0.4 is 0 Å². The topological polar surface area (TPSA) is 38.1 Å². The normalized spacial score (nSPS) is 17.9. The Bertz CT molecular complexity index is 656. The van der Waals surface area contributed by atoms with E-state index < -0.39 is 0 Å². The molecule has 0 aliphatic carbocycles. The maximum atomic E-state index is 13.7. The third-order valence-corrected chi connectivity index (χ3v) is 4.77. The molecule has 1 aliphatic heterocycles. The lowest BCUT2D eigenvalue weighted by molar-refractivity contribution is -0.133. The molecule has 4 nitrogen and oxygen atoms in total. The number of carbonyl (C=O) groups is 1. The van der Waals surface area contributed by atoms with Crippen molar-refractivity contribution < 1.29 is 9.18 Å². The lowest BCUT2D eigenvalue weighted by atomic mass is 9.91. The van der Waals surface area contributed by atoms with Crippen molar-refractivity contribution in [2.75, 3.05) is 13.1 Å². The minimum Gasteiger partial charge on any atom is -0.342 e. The van der Waals surface area contributed by atoms with E-state index in [1.54, 1.807) is 16.9 Å². The number of aryl methyl sites for hydroxylation is 2. The average Bonchev–Trinajstić information content (AvgIpc) is 3.13. The first-order valence-corrected chi connectivity index (χ1v) is 8.71. The van der Waals surface area contributed by atoms with Crippen LogP contribution in [0.4, 0.5) is 4.39 Å². The molecular weight excluding hydrogens is 305 g/mol. The molecule has 1 atom stereocenters. The smallest absolute Gasteiger partial charge is 0.224 e. The Hall–Kier alpha value is -2.17. The van der Waals surface area contributed by atoms with Crippen molar-refractivity contribution in [1.82, 2.24) is 14.7 Å². The fourth-order valence-electron chi connectivity index (χ4n) is 3.39. The van der Waals surface area contributed by atoms with E-state index in [4.69, 9.17) is 0 Å². The van der Waals surface area contributed by atoms with Crippen molar-refractivity contribution in [3.05, 3.63) is 54.1 Å². The first-order chi connectivity index (χ1) is 11.7. The molecule has 24 heavy (non-hydrogen) atoms. The number of likely N-dealkylation sites (tertiary alicyclic amines) is 1. The van der Waals surface area contributed by atoms with Crippen molar-refractivity contribution in [3.63, 3.8) is 0 Å². The van der Waals surface area contributed by atoms with Gasteiger partial charge in [-0.25, -0.2) is 4.39 Å². The highest BCUT2D eigenvalue weighted by Gasteiger charge is 2.23. The molecule has 1 fully saturated rings. The Labute approximate surface area is 142 Å². The van der Waals surface area contributed by atoms with Crippen LogP contribution in [0, 0.1) is 11.7 Å². The van der Waals surface area contributed by atoms with Crippen LogP contribution in [0.15, 0.2) is 42.7 Å². The first-order valence-electron chi connectivity index (χ1n) is 8.71. The molecule has 2 heterocycles. The summed E-state index contributed by atoms with van der Waals surface area (Å²) in [4.78, 5) is 14.4. The largest absolute Gasteiger partial charge is 0.342 e. The van der Waals surface area contributed by atoms with Crippen LogP contribution in [-0.4, -0.2) is 33.7 Å². The van der Waals surface area contributed by atoms with Gasteiger partial charge in [-0.3, -0.25) is 9.48 Å². The van der Waals surface area contributed by atoms with Crippen LogP contribution in [0.25, 0.3) is 0 Å². The zero-order valence-electron chi connectivity index (χ0n) is 13.9. The third kappa shape index (κ3) is 4.43. The predicted molar refractivity (Wildman–Crippen MR) is 90.9 cm³/mol. The molecule has 1 saturated heterocycles. The summed E-state index contributed by atoms with van der Waals surface area (Å²) in [7, 11) is 0. The summed E-state index contributed by atoms with van der Waals surface area (Å²) < 4.78 is 15.5. The van der Waals surface area contributed by atoms with Gasteiger partial charge < -0.3 is 4.90 Å². The molecule has 1 aromatic heterocycles. The molecule has 0 radical (unpaired) electrons. The Morgan fingerprint density at radius 3 is 2.96 bits per heavy atom. The summed E-state index contributed by atoms with van der Waals surface area (Å²) >= 11 is 0. The first kappa shape index (κ1) is 16.7. The Kier molecular flexibility index (Phi) is 5.62. The summed E-state index contributed by atoms with van der Waals surface area (Å²) in [6.07, 6.45) is 7.93. The van der Waals surface area contributed by atoms with E-state index in [0.717, 1.165) is 44.3 Å². The van der Waals surface area contributed by atoms with Gasteiger partial charge in [-0.05, 0) is 49.3 Å². The van der Waals surface area contributed by atoms with E-state index in [1.165, 1.54) is 6.07 Å². The van der Waals surface area contributed by atoms with Gasteiger partial charge in [0.05, 0.1) is 0 Å². The van der Waals surface area contributed by atoms with Gasteiger partial charge in [0.25, 0.3) is 0 Å². The molecule has 5 heteroatoms. The van der Waals surface area contributed by atoms with Gasteiger partial charge in [0.2, 0.25) is 5.91 Å². The highest BCUT2D eigenvalue weighted by atomic mass is 19.1. The number of amides is 1. The van der Waals surface area contributed by atoms with Crippen molar-refractivity contribution in [1.29, 1.82) is 0 Å². The van der Waals surface area contributed by atoms with E-state index in [-0.39, 0.29) is 11.7 Å². The summed E-state index contributed by atoms with van der Waals surface area (Å²) in [5.41, 5.74) is 0.777. The fourth-order valence-corrected chi connectivity index (χ4v) is 3.39. The number of hydrogen-bond acceptors (Lipinski definition) is 2. The minimum absolute atomic E-state index is 0.125. The van der Waals surface area contributed by atoms with E-state index in [9.17, 15) is 9.18 Å². The maximum Gasteiger partial charge on any atom is 0.224 e. The molecular formula is C19H24FN3O. The standard InChI is InChI=1S/C19H24FN3O/c20-18-7-2-1-6-17(18)9-8-16-5-3-12-22(15-16)19(24)10-14-23-13-4-11-21-23/h1-2,4,6-7,11,13,16H,3,5,8-10,12,14-15H2/t16-/m0/s1. The summed E-state index contributed by atoms with van der Waals surface area (Å²) in [6.45, 7) is 2.27. The van der Waals surface area contributed by atoms with E-state index in [0.29, 0.717) is 18.9 Å². The van der Waals surface area contributed by atoms with Crippen LogP contribution in [0.1, 0.15) is 31.2 Å². The molecule has 0 saturated carbocycles. The van der Waals surface area contributed by atoms with E-state index in [2.05, 4.69) is 5.10 Å². The Morgan fingerprint density at radius 2 is 2.17 bits per heavy atom. The zero-order chi connectivity index (χ0) is 16.8. The number of carbonyl (C=O) groups excluding carboxylic acids is 1. The minimum atomic E-state index is -0.125. The van der Waals surface area contributed by atoms with Gasteiger partial charge in [-0.2, -0.15) is 5.10 Å². The number of nitrogens with zero attached hydrogens (tertiary/aromatic N) is 3. The molecule has 0 spiro atoms. The van der Waals surface area contributed by atoms with Gasteiger partial charge in [0.1, 0.15) is 5.82 Å². The molecule has 0 N–H and O–H groups in total. The quantitative estimate of drug-likeness (QED) is 0.816. The van der Waals surface area contributed by atoms with Crippen molar-refractivity contribution >= 4 is 5.91 Å². The monoisotopic (exact) mass is 329 g/mol. The number of rotatable bonds is 6. The lowest BCUT2D eigenvalue weighted by Gasteiger charge is -2.33. The van der Waals surface area contributed by atoms with Crippen molar-refractivity contribution in [2.45, 2.75) is 38.6 Å². The molecule has 0 bridgehead atoms. The second-order valence-electron chi connectivity index (χ2n) is 6.50. The summed E-state index contributed by atoms with van der Waals surface area (Å²) in [5, 5.41) is 4.13. The zero-order valence-corrected chi connectivity index (χ0v) is 13.9. The lowest BCUT2D eigenvalue weighted by Crippen LogP contribution is -2.40. The molecule has 1 aliphatic rings. The molecule has 0 unspecified atom stereocenters. The van der Waals surface area contributed by atoms with Gasteiger partial charge in [-0.15, -0.1) is 0 Å². The highest BCUT2D eigenvalue weighted by molar-refractivity contribution is 5.76. The van der Waals surface area contributed by atoms with E-state index >= 15 is 0 Å². The maximum absolute atomic E-state index is 13.7. The Balaban J connectivity index is 1.47. The second kappa shape index (κ2) is 8.08. The summed E-state index contributed by atoms with van der Waals surface area (Å²) in [5.74, 6) is 0.536. The van der Waals surface area contributed by atoms with Crippen LogP contribution >= 0.6 is 0 Å². The molecule has 2 aromatic rings. The van der Waals surface area contributed by atoms with E-state index in [1.807, 2.05) is 29.3 Å². The van der Waals surface area contributed by atoms with Gasteiger partial charge in [0, 0.05) is 38.4 Å². The number of halogens is 1. The molecule has 1 aromatic carbocycles. The Morgan fingerprint density at radius 1 is 1.29 bits per heavy atom. The SMILES string of the molecule is O=C(CCn1cccn1)N1CCC[C@@H](CCc2ccccc2F)C1. The predicted octanol–water partition coefficient (Wildman–Crippen LogP) is 3.28. The average molecular weight is 329 g/mol. The number of aromatic nitrogens is 2. The van der Waals surface area contributed by atoms with Crippen LogP contribution in [0.2, 0.25) is 0 Å². The summed E-state index contributed by atoms with van der Waals surface area (Å²) in [6, 6.07) is 8.83.